The molecule has 0 unspecified atom stereocenters. The van der Waals surface area contributed by atoms with Gasteiger partial charge in [-0.2, -0.15) is 0 Å². The summed E-state index contributed by atoms with van der Waals surface area (Å²) in [6.07, 6.45) is 2.86. The van der Waals surface area contributed by atoms with Crippen LogP contribution in [-0.4, -0.2) is 67.4 Å². The van der Waals surface area contributed by atoms with Gasteiger partial charge in [0.1, 0.15) is 12.6 Å². The number of aryl methyl sites for hydroxylation is 1. The fraction of sp³-hybridized carbons (Fsp3) is 0.565. The summed E-state index contributed by atoms with van der Waals surface area (Å²) in [4.78, 5) is 21.4. The van der Waals surface area contributed by atoms with Crippen LogP contribution in [0, 0.1) is 0 Å². The average molecular weight is 442 g/mol. The van der Waals surface area contributed by atoms with Gasteiger partial charge in [-0.05, 0) is 36.7 Å². The minimum atomic E-state index is -1.10. The number of fused-ring (bicyclic) bond motifs is 1. The molecule has 4 rings (SSSR count). The van der Waals surface area contributed by atoms with E-state index in [-0.39, 0.29) is 12.1 Å². The number of ether oxygens (including phenoxy) is 1. The van der Waals surface area contributed by atoms with Crippen molar-refractivity contribution < 1.29 is 9.53 Å². The van der Waals surface area contributed by atoms with Gasteiger partial charge in [-0.1, -0.05) is 26.6 Å². The number of hydrogen-bond acceptors (Lipinski definition) is 4. The lowest BCUT2D eigenvalue weighted by Crippen LogP contribution is -2.49. The number of carbonyl (C=O) groups excluding carboxylic acids is 1. The van der Waals surface area contributed by atoms with Crippen molar-refractivity contribution in [2.75, 3.05) is 37.7 Å². The minimum Gasteiger partial charge on any atom is -0.361 e. The Morgan fingerprint density at radius 2 is 2.00 bits per heavy atom. The van der Waals surface area contributed by atoms with E-state index in [9.17, 15) is 4.79 Å². The van der Waals surface area contributed by atoms with E-state index in [1.54, 1.807) is 0 Å². The molecule has 7 nitrogen and oxygen atoms in total. The van der Waals surface area contributed by atoms with E-state index in [1.807, 2.05) is 28.1 Å². The number of amides is 2. The van der Waals surface area contributed by atoms with E-state index >= 15 is 0 Å². The Bertz CT molecular complexity index is 906. The largest absolute Gasteiger partial charge is 0.361 e. The van der Waals surface area contributed by atoms with Crippen molar-refractivity contribution in [3.8, 4) is 11.4 Å². The molecule has 168 valence electrons. The molecule has 0 bridgehead atoms. The average Bonchev–Trinajstić information content (AvgIpc) is 3.32. The molecule has 2 aliphatic rings. The Labute approximate surface area is 186 Å². The summed E-state index contributed by atoms with van der Waals surface area (Å²) in [5.41, 5.74) is 3.16. The Morgan fingerprint density at radius 1 is 1.23 bits per heavy atom. The number of urea groups is 1. The van der Waals surface area contributed by atoms with Crippen LogP contribution in [0.1, 0.15) is 12.6 Å². The number of anilines is 1. The molecule has 0 spiro atoms. The van der Waals surface area contributed by atoms with E-state index in [2.05, 4.69) is 53.6 Å². The molecular weight excluding hydrogens is 406 g/mol. The number of rotatable bonds is 8. The summed E-state index contributed by atoms with van der Waals surface area (Å²) in [7, 11) is -1.10. The summed E-state index contributed by atoms with van der Waals surface area (Å²) in [6.45, 7) is 13.8. The lowest BCUT2D eigenvalue weighted by atomic mass is 10.1. The third-order valence-electron chi connectivity index (χ3n) is 6.17. The second-order valence-electron chi connectivity index (χ2n) is 9.69. The van der Waals surface area contributed by atoms with Gasteiger partial charge >= 0.3 is 6.03 Å². The third kappa shape index (κ3) is 4.86. The predicted octanol–water partition coefficient (Wildman–Crippen LogP) is 3.64. The van der Waals surface area contributed by atoms with E-state index < -0.39 is 8.07 Å². The van der Waals surface area contributed by atoms with Gasteiger partial charge in [0.05, 0.1) is 6.04 Å². The van der Waals surface area contributed by atoms with Gasteiger partial charge in [0, 0.05) is 64.0 Å². The summed E-state index contributed by atoms with van der Waals surface area (Å²) >= 11 is 0. The van der Waals surface area contributed by atoms with Crippen molar-refractivity contribution in [1.29, 1.82) is 0 Å². The standard InChI is InChI=1S/C23H35N5O2Si/c1-5-19-15-25-22(28(19)17-30-12-13-31(2,3)4)18-6-8-20(9-7-18)27-16-21-14-24-10-11-26(21)23(27)29/h6-9,15,21,24H,5,10-14,16-17H2,1-4H3/t21-/m0/s1. The van der Waals surface area contributed by atoms with Gasteiger partial charge < -0.3 is 19.5 Å². The second kappa shape index (κ2) is 9.14. The van der Waals surface area contributed by atoms with E-state index in [0.717, 1.165) is 62.3 Å². The van der Waals surface area contributed by atoms with Gasteiger partial charge in [-0.3, -0.25) is 4.90 Å². The smallest absolute Gasteiger partial charge is 0.324 e. The summed E-state index contributed by atoms with van der Waals surface area (Å²) in [5.74, 6) is 0.922. The fourth-order valence-electron chi connectivity index (χ4n) is 4.23. The van der Waals surface area contributed by atoms with Crippen LogP contribution in [0.25, 0.3) is 11.4 Å². The minimum absolute atomic E-state index is 0.116. The molecule has 2 saturated heterocycles. The van der Waals surface area contributed by atoms with E-state index in [1.165, 1.54) is 5.69 Å². The molecule has 2 amide bonds. The maximum absolute atomic E-state index is 12.8. The number of carbonyl (C=O) groups is 1. The maximum Gasteiger partial charge on any atom is 0.324 e. The predicted molar refractivity (Wildman–Crippen MR) is 127 cm³/mol. The number of benzene rings is 1. The topological polar surface area (TPSA) is 62.6 Å². The molecule has 8 heteroatoms. The molecule has 2 aromatic rings. The monoisotopic (exact) mass is 441 g/mol. The molecule has 1 aromatic carbocycles. The van der Waals surface area contributed by atoms with Gasteiger partial charge in [0.25, 0.3) is 0 Å². The van der Waals surface area contributed by atoms with Crippen molar-refractivity contribution in [1.82, 2.24) is 19.8 Å². The molecule has 31 heavy (non-hydrogen) atoms. The normalized spacial score (nSPS) is 19.2. The number of nitrogens with zero attached hydrogens (tertiary/aromatic N) is 4. The maximum atomic E-state index is 12.8. The van der Waals surface area contributed by atoms with Crippen LogP contribution >= 0.6 is 0 Å². The molecule has 2 aliphatic heterocycles. The first-order valence-corrected chi connectivity index (χ1v) is 15.1. The quantitative estimate of drug-likeness (QED) is 0.502. The zero-order valence-electron chi connectivity index (χ0n) is 19.2. The van der Waals surface area contributed by atoms with E-state index in [4.69, 9.17) is 4.74 Å². The Hall–Kier alpha value is -2.16. The van der Waals surface area contributed by atoms with Crippen LogP contribution in [0.4, 0.5) is 10.5 Å². The highest BCUT2D eigenvalue weighted by atomic mass is 28.3. The first-order valence-electron chi connectivity index (χ1n) is 11.4. The summed E-state index contributed by atoms with van der Waals surface area (Å²) in [5, 5.41) is 3.38. The van der Waals surface area contributed by atoms with Crippen molar-refractivity contribution in [2.45, 2.75) is 51.8 Å². The molecule has 3 heterocycles. The number of aromatic nitrogens is 2. The first kappa shape index (κ1) is 22.0. The Balaban J connectivity index is 1.48. The van der Waals surface area contributed by atoms with Gasteiger partial charge in [0.2, 0.25) is 0 Å². The zero-order chi connectivity index (χ0) is 22.0. The first-order chi connectivity index (χ1) is 14.9. The molecular formula is C23H35N5O2Si. The third-order valence-corrected chi connectivity index (χ3v) is 7.88. The summed E-state index contributed by atoms with van der Waals surface area (Å²) < 4.78 is 8.20. The van der Waals surface area contributed by atoms with Crippen molar-refractivity contribution in [3.63, 3.8) is 0 Å². The summed E-state index contributed by atoms with van der Waals surface area (Å²) in [6, 6.07) is 9.75. The van der Waals surface area contributed by atoms with Crippen LogP contribution in [-0.2, 0) is 17.9 Å². The number of hydrogen-bond donors (Lipinski definition) is 1. The van der Waals surface area contributed by atoms with Crippen LogP contribution in [0.3, 0.4) is 0 Å². The van der Waals surface area contributed by atoms with Crippen molar-refractivity contribution in [2.24, 2.45) is 0 Å². The van der Waals surface area contributed by atoms with Crippen LogP contribution < -0.4 is 10.2 Å². The Kier molecular flexibility index (Phi) is 6.50. The van der Waals surface area contributed by atoms with Crippen molar-refractivity contribution >= 4 is 19.8 Å². The molecule has 0 radical (unpaired) electrons. The molecule has 1 atom stereocenters. The highest BCUT2D eigenvalue weighted by Crippen LogP contribution is 2.28. The lowest BCUT2D eigenvalue weighted by Gasteiger charge is -2.28. The van der Waals surface area contributed by atoms with Crippen LogP contribution in [0.5, 0.6) is 0 Å². The molecule has 0 saturated carbocycles. The second-order valence-corrected chi connectivity index (χ2v) is 15.3. The fourth-order valence-corrected chi connectivity index (χ4v) is 4.98. The molecule has 1 N–H and O–H groups in total. The van der Waals surface area contributed by atoms with Crippen LogP contribution in [0.2, 0.25) is 25.7 Å². The number of piperazine rings is 1. The van der Waals surface area contributed by atoms with Crippen molar-refractivity contribution in [3.05, 3.63) is 36.2 Å². The SMILES string of the molecule is CCc1cnc(-c2ccc(N3C[C@@H]4CNCCN4C3=O)cc2)n1COCC[Si](C)(C)C. The highest BCUT2D eigenvalue weighted by molar-refractivity contribution is 6.76. The molecule has 0 aliphatic carbocycles. The zero-order valence-corrected chi connectivity index (χ0v) is 20.2. The molecule has 1 aromatic heterocycles. The van der Waals surface area contributed by atoms with Gasteiger partial charge in [-0.25, -0.2) is 9.78 Å². The molecule has 2 fully saturated rings. The van der Waals surface area contributed by atoms with E-state index in [0.29, 0.717) is 6.73 Å². The van der Waals surface area contributed by atoms with Gasteiger partial charge in [0.15, 0.2) is 0 Å². The van der Waals surface area contributed by atoms with Crippen LogP contribution in [0.15, 0.2) is 30.5 Å². The lowest BCUT2D eigenvalue weighted by molar-refractivity contribution is 0.0866. The van der Waals surface area contributed by atoms with Gasteiger partial charge in [-0.15, -0.1) is 0 Å². The number of nitrogens with one attached hydrogen (secondary N) is 1. The highest BCUT2D eigenvalue weighted by Gasteiger charge is 2.39. The number of imidazole rings is 1. The Morgan fingerprint density at radius 3 is 2.68 bits per heavy atom.